The van der Waals surface area contributed by atoms with Gasteiger partial charge in [-0.25, -0.2) is 9.97 Å². The lowest BCUT2D eigenvalue weighted by molar-refractivity contribution is 0.557. The molecule has 0 spiro atoms. The number of anilines is 2. The van der Waals surface area contributed by atoms with Gasteiger partial charge in [0.05, 0.1) is 5.69 Å². The van der Waals surface area contributed by atoms with Crippen LogP contribution in [-0.4, -0.2) is 9.97 Å². The minimum absolute atomic E-state index is 0.0968. The van der Waals surface area contributed by atoms with Crippen molar-refractivity contribution in [3.05, 3.63) is 47.8 Å². The summed E-state index contributed by atoms with van der Waals surface area (Å²) < 4.78 is 0. The molecule has 1 aliphatic carbocycles. The van der Waals surface area contributed by atoms with E-state index in [0.717, 1.165) is 36.2 Å². The largest absolute Gasteiger partial charge is 0.324 e. The minimum atomic E-state index is 0.0968. The Morgan fingerprint density at radius 1 is 1.22 bits per heavy atom. The van der Waals surface area contributed by atoms with Gasteiger partial charge >= 0.3 is 0 Å². The van der Waals surface area contributed by atoms with Crippen LogP contribution in [0.4, 0.5) is 11.6 Å². The topological polar surface area (TPSA) is 63.8 Å². The molecule has 0 aliphatic heterocycles. The van der Waals surface area contributed by atoms with Crippen molar-refractivity contribution in [2.75, 3.05) is 5.32 Å². The van der Waals surface area contributed by atoms with Crippen LogP contribution in [-0.2, 0) is 6.42 Å². The van der Waals surface area contributed by atoms with Crippen molar-refractivity contribution in [2.24, 2.45) is 5.73 Å². The maximum Gasteiger partial charge on any atom is 0.227 e. The summed E-state index contributed by atoms with van der Waals surface area (Å²) >= 11 is 0. The third-order valence-electron chi connectivity index (χ3n) is 3.26. The van der Waals surface area contributed by atoms with E-state index in [2.05, 4.69) is 15.3 Å². The van der Waals surface area contributed by atoms with E-state index in [1.165, 1.54) is 0 Å². The summed E-state index contributed by atoms with van der Waals surface area (Å²) in [6.07, 6.45) is 4.99. The van der Waals surface area contributed by atoms with Gasteiger partial charge in [-0.2, -0.15) is 0 Å². The number of aryl methyl sites for hydroxylation is 1. The lowest BCUT2D eigenvalue weighted by atomic mass is 9.93. The molecule has 1 atom stereocenters. The molecule has 4 heteroatoms. The molecule has 18 heavy (non-hydrogen) atoms. The van der Waals surface area contributed by atoms with Crippen LogP contribution in [0.25, 0.3) is 0 Å². The number of nitrogens with two attached hydrogens (primary N) is 1. The van der Waals surface area contributed by atoms with Gasteiger partial charge in [0.15, 0.2) is 0 Å². The number of aromatic nitrogens is 2. The van der Waals surface area contributed by atoms with Crippen LogP contribution in [0.3, 0.4) is 0 Å². The second-order valence-corrected chi connectivity index (χ2v) is 4.59. The fourth-order valence-corrected chi connectivity index (χ4v) is 2.29. The highest BCUT2D eigenvalue weighted by Crippen LogP contribution is 2.26. The third kappa shape index (κ3) is 2.19. The van der Waals surface area contributed by atoms with Gasteiger partial charge in [0.1, 0.15) is 0 Å². The maximum absolute atomic E-state index is 6.05. The van der Waals surface area contributed by atoms with Gasteiger partial charge in [-0.3, -0.25) is 0 Å². The van der Waals surface area contributed by atoms with Crippen molar-refractivity contribution in [3.8, 4) is 0 Å². The number of nitrogens with zero attached hydrogens (tertiary/aromatic N) is 2. The van der Waals surface area contributed by atoms with E-state index in [9.17, 15) is 0 Å². The molecule has 1 aromatic heterocycles. The van der Waals surface area contributed by atoms with Crippen LogP contribution in [0.5, 0.6) is 0 Å². The first-order valence-corrected chi connectivity index (χ1v) is 6.26. The van der Waals surface area contributed by atoms with Crippen molar-refractivity contribution in [1.82, 2.24) is 9.97 Å². The fourth-order valence-electron chi connectivity index (χ4n) is 2.29. The Labute approximate surface area is 106 Å². The molecule has 92 valence electrons. The summed E-state index contributed by atoms with van der Waals surface area (Å²) in [6.45, 7) is 0. The Hall–Kier alpha value is -1.94. The number of fused-ring (bicyclic) bond motifs is 1. The normalized spacial score (nSPS) is 18.2. The third-order valence-corrected chi connectivity index (χ3v) is 3.26. The second kappa shape index (κ2) is 4.74. The standard InChI is InChI=1S/C14H16N4/c15-12-7-4-8-13-11(12)9-16-14(18-13)17-10-5-2-1-3-6-10/h1-3,5-6,9,12H,4,7-8,15H2,(H,16,17,18). The Kier molecular flexibility index (Phi) is 2.94. The maximum atomic E-state index is 6.05. The second-order valence-electron chi connectivity index (χ2n) is 4.59. The molecule has 4 nitrogen and oxygen atoms in total. The quantitative estimate of drug-likeness (QED) is 0.846. The van der Waals surface area contributed by atoms with Gasteiger partial charge in [-0.15, -0.1) is 0 Å². The van der Waals surface area contributed by atoms with Gasteiger partial charge < -0.3 is 11.1 Å². The van der Waals surface area contributed by atoms with Crippen LogP contribution >= 0.6 is 0 Å². The Morgan fingerprint density at radius 3 is 2.89 bits per heavy atom. The van der Waals surface area contributed by atoms with Crippen LogP contribution in [0.1, 0.15) is 30.1 Å². The molecule has 1 heterocycles. The van der Waals surface area contributed by atoms with Gasteiger partial charge in [-0.1, -0.05) is 18.2 Å². The number of hydrogen-bond acceptors (Lipinski definition) is 4. The molecule has 0 fully saturated rings. The number of para-hydroxylation sites is 1. The van der Waals surface area contributed by atoms with Crippen LogP contribution < -0.4 is 11.1 Å². The molecule has 1 aromatic carbocycles. The molecule has 1 aliphatic rings. The molecule has 0 bridgehead atoms. The van der Waals surface area contributed by atoms with E-state index in [4.69, 9.17) is 5.73 Å². The molecule has 1 unspecified atom stereocenters. The van der Waals surface area contributed by atoms with Crippen molar-refractivity contribution >= 4 is 11.6 Å². The Bertz CT molecular complexity index is 539. The van der Waals surface area contributed by atoms with E-state index in [0.29, 0.717) is 5.95 Å². The predicted octanol–water partition coefficient (Wildman–Crippen LogP) is 2.56. The highest BCUT2D eigenvalue weighted by Gasteiger charge is 2.18. The SMILES string of the molecule is NC1CCCc2nc(Nc3ccccc3)ncc21. The van der Waals surface area contributed by atoms with Crippen LogP contribution in [0, 0.1) is 0 Å². The predicted molar refractivity (Wildman–Crippen MR) is 71.6 cm³/mol. The lowest BCUT2D eigenvalue weighted by Gasteiger charge is -2.21. The molecular weight excluding hydrogens is 224 g/mol. The summed E-state index contributed by atoms with van der Waals surface area (Å²) in [4.78, 5) is 8.89. The summed E-state index contributed by atoms with van der Waals surface area (Å²) in [6, 6.07) is 10.0. The highest BCUT2D eigenvalue weighted by molar-refractivity contribution is 5.53. The number of nitrogens with one attached hydrogen (secondary N) is 1. The van der Waals surface area contributed by atoms with Gasteiger partial charge in [0, 0.05) is 23.5 Å². The molecular formula is C14H16N4. The smallest absolute Gasteiger partial charge is 0.227 e. The van der Waals surface area contributed by atoms with E-state index in [-0.39, 0.29) is 6.04 Å². The van der Waals surface area contributed by atoms with Crippen molar-refractivity contribution in [3.63, 3.8) is 0 Å². The molecule has 3 rings (SSSR count). The van der Waals surface area contributed by atoms with Gasteiger partial charge in [0.25, 0.3) is 0 Å². The Balaban J connectivity index is 1.86. The number of benzene rings is 1. The number of hydrogen-bond donors (Lipinski definition) is 2. The molecule has 0 saturated carbocycles. The molecule has 0 saturated heterocycles. The van der Waals surface area contributed by atoms with E-state index < -0.39 is 0 Å². The molecule has 0 radical (unpaired) electrons. The van der Waals surface area contributed by atoms with E-state index in [1.54, 1.807) is 0 Å². The summed E-state index contributed by atoms with van der Waals surface area (Å²) in [5, 5.41) is 3.21. The zero-order valence-electron chi connectivity index (χ0n) is 10.1. The van der Waals surface area contributed by atoms with Crippen LogP contribution in [0.15, 0.2) is 36.5 Å². The van der Waals surface area contributed by atoms with Crippen molar-refractivity contribution in [1.29, 1.82) is 0 Å². The number of rotatable bonds is 2. The summed E-state index contributed by atoms with van der Waals surface area (Å²) in [7, 11) is 0. The average Bonchev–Trinajstić information content (AvgIpc) is 2.40. The Morgan fingerprint density at radius 2 is 2.06 bits per heavy atom. The van der Waals surface area contributed by atoms with Crippen molar-refractivity contribution in [2.45, 2.75) is 25.3 Å². The van der Waals surface area contributed by atoms with E-state index >= 15 is 0 Å². The fraction of sp³-hybridized carbons (Fsp3) is 0.286. The molecule has 2 aromatic rings. The molecule has 0 amide bonds. The van der Waals surface area contributed by atoms with Crippen molar-refractivity contribution < 1.29 is 0 Å². The first kappa shape index (κ1) is 11.2. The lowest BCUT2D eigenvalue weighted by Crippen LogP contribution is -2.19. The zero-order valence-corrected chi connectivity index (χ0v) is 10.1. The molecule has 3 N–H and O–H groups in total. The minimum Gasteiger partial charge on any atom is -0.324 e. The zero-order chi connectivity index (χ0) is 12.4. The van der Waals surface area contributed by atoms with Crippen LogP contribution in [0.2, 0.25) is 0 Å². The highest BCUT2D eigenvalue weighted by atomic mass is 15.1. The van der Waals surface area contributed by atoms with Gasteiger partial charge in [-0.05, 0) is 31.4 Å². The average molecular weight is 240 g/mol. The van der Waals surface area contributed by atoms with E-state index in [1.807, 2.05) is 36.5 Å². The first-order valence-electron chi connectivity index (χ1n) is 6.26. The summed E-state index contributed by atoms with van der Waals surface area (Å²) in [5.74, 6) is 0.647. The monoisotopic (exact) mass is 240 g/mol. The van der Waals surface area contributed by atoms with Gasteiger partial charge in [0.2, 0.25) is 5.95 Å². The summed E-state index contributed by atoms with van der Waals surface area (Å²) in [5.41, 5.74) is 9.23. The first-order chi connectivity index (χ1) is 8.83.